The van der Waals surface area contributed by atoms with Crippen LogP contribution in [0.25, 0.3) is 0 Å². The second kappa shape index (κ2) is 7.93. The van der Waals surface area contributed by atoms with Gasteiger partial charge in [-0.2, -0.15) is 5.26 Å². The summed E-state index contributed by atoms with van der Waals surface area (Å²) in [6.07, 6.45) is 2.09. The van der Waals surface area contributed by atoms with Crippen LogP contribution >= 0.6 is 11.3 Å². The van der Waals surface area contributed by atoms with Gasteiger partial charge in [0.05, 0.1) is 23.7 Å². The Kier molecular flexibility index (Phi) is 5.62. The van der Waals surface area contributed by atoms with Gasteiger partial charge < -0.3 is 10.1 Å². The highest BCUT2D eigenvalue weighted by Gasteiger charge is 2.40. The number of nitriles is 1. The average Bonchev–Trinajstić information content (AvgIpc) is 3.05. The predicted octanol–water partition coefficient (Wildman–Crippen LogP) is 4.22. The Hall–Kier alpha value is -2.65. The zero-order chi connectivity index (χ0) is 19.4. The van der Waals surface area contributed by atoms with Gasteiger partial charge in [0.1, 0.15) is 5.00 Å². The predicted molar refractivity (Wildman–Crippen MR) is 105 cm³/mol. The molecule has 0 spiro atoms. The first-order chi connectivity index (χ1) is 13.0. The van der Waals surface area contributed by atoms with Crippen LogP contribution in [-0.2, 0) is 27.8 Å². The van der Waals surface area contributed by atoms with Gasteiger partial charge in [-0.3, -0.25) is 4.79 Å². The number of fused-ring (bicyclic) bond motifs is 1. The third-order valence-corrected chi connectivity index (χ3v) is 6.10. The molecule has 140 valence electrons. The molecule has 0 radical (unpaired) electrons. The van der Waals surface area contributed by atoms with Crippen molar-refractivity contribution in [3.63, 3.8) is 0 Å². The second-order valence-electron chi connectivity index (χ2n) is 6.57. The van der Waals surface area contributed by atoms with Gasteiger partial charge in [0.2, 0.25) is 5.91 Å². The van der Waals surface area contributed by atoms with Crippen LogP contribution in [0.4, 0.5) is 5.00 Å². The van der Waals surface area contributed by atoms with Crippen LogP contribution in [0.15, 0.2) is 30.3 Å². The first kappa shape index (κ1) is 19.1. The smallest absolute Gasteiger partial charge is 0.341 e. The summed E-state index contributed by atoms with van der Waals surface area (Å²) in [6, 6.07) is 12.3. The molecule has 0 unspecified atom stereocenters. The highest BCUT2D eigenvalue weighted by Crippen LogP contribution is 2.45. The molecule has 1 aliphatic carbocycles. The number of amides is 1. The Labute approximate surface area is 163 Å². The lowest BCUT2D eigenvalue weighted by molar-refractivity contribution is -0.115. The lowest BCUT2D eigenvalue weighted by Crippen LogP contribution is -2.31. The molecule has 0 bridgehead atoms. The largest absolute Gasteiger partial charge is 0.462 e. The third kappa shape index (κ3) is 3.60. The van der Waals surface area contributed by atoms with E-state index in [9.17, 15) is 14.9 Å². The van der Waals surface area contributed by atoms with Crippen molar-refractivity contribution in [1.29, 1.82) is 5.26 Å². The normalized spacial score (nSPS) is 18.3. The maximum absolute atomic E-state index is 12.5. The van der Waals surface area contributed by atoms with Gasteiger partial charge in [-0.05, 0) is 30.9 Å². The monoisotopic (exact) mass is 382 g/mol. The first-order valence-corrected chi connectivity index (χ1v) is 9.94. The number of esters is 1. The van der Waals surface area contributed by atoms with Crippen LogP contribution in [0.3, 0.4) is 0 Å². The summed E-state index contributed by atoms with van der Waals surface area (Å²) in [5.74, 6) is -0.556. The van der Waals surface area contributed by atoms with Crippen LogP contribution in [0, 0.1) is 11.3 Å². The molecule has 1 aromatic carbocycles. The van der Waals surface area contributed by atoms with E-state index in [0.717, 1.165) is 16.0 Å². The van der Waals surface area contributed by atoms with Gasteiger partial charge in [0.25, 0.3) is 0 Å². The summed E-state index contributed by atoms with van der Waals surface area (Å²) in [4.78, 5) is 25.4. The van der Waals surface area contributed by atoms with Crippen LogP contribution < -0.4 is 5.32 Å². The Bertz CT molecular complexity index is 898. The van der Waals surface area contributed by atoms with Crippen molar-refractivity contribution < 1.29 is 14.3 Å². The van der Waals surface area contributed by atoms with Gasteiger partial charge in [-0.15, -0.1) is 11.3 Å². The minimum atomic E-state index is -0.614. The lowest BCUT2D eigenvalue weighted by Gasteiger charge is -2.31. The first-order valence-electron chi connectivity index (χ1n) is 9.13. The summed E-state index contributed by atoms with van der Waals surface area (Å²) >= 11 is 1.39. The lowest BCUT2D eigenvalue weighted by atomic mass is 9.70. The quantitative estimate of drug-likeness (QED) is 0.785. The minimum Gasteiger partial charge on any atom is -0.462 e. The van der Waals surface area contributed by atoms with Crippen LogP contribution in [0.5, 0.6) is 0 Å². The topological polar surface area (TPSA) is 79.2 Å². The van der Waals surface area contributed by atoms with Crippen molar-refractivity contribution in [2.24, 2.45) is 0 Å². The maximum Gasteiger partial charge on any atom is 0.341 e. The molecule has 2 aromatic rings. The van der Waals surface area contributed by atoms with Crippen molar-refractivity contribution in [3.05, 3.63) is 51.9 Å². The van der Waals surface area contributed by atoms with Crippen molar-refractivity contribution in [1.82, 2.24) is 0 Å². The van der Waals surface area contributed by atoms with E-state index in [1.807, 2.05) is 30.3 Å². The molecular weight excluding hydrogens is 360 g/mol. The molecule has 1 amide bonds. The fourth-order valence-electron chi connectivity index (χ4n) is 3.51. The van der Waals surface area contributed by atoms with Crippen LogP contribution in [0.2, 0.25) is 0 Å². The molecule has 1 aliphatic rings. The second-order valence-corrected chi connectivity index (χ2v) is 7.67. The zero-order valence-corrected chi connectivity index (χ0v) is 16.3. The van der Waals surface area contributed by atoms with Gasteiger partial charge in [0, 0.05) is 17.7 Å². The number of benzene rings is 1. The van der Waals surface area contributed by atoms with E-state index in [1.54, 1.807) is 13.8 Å². The molecule has 0 saturated carbocycles. The zero-order valence-electron chi connectivity index (χ0n) is 15.5. The molecule has 1 atom stereocenters. The van der Waals surface area contributed by atoms with Crippen molar-refractivity contribution in [2.75, 3.05) is 11.9 Å². The minimum absolute atomic E-state index is 0.145. The Morgan fingerprint density at radius 2 is 2.04 bits per heavy atom. The summed E-state index contributed by atoms with van der Waals surface area (Å²) in [6.45, 7) is 3.80. The molecule has 3 rings (SSSR count). The van der Waals surface area contributed by atoms with Crippen molar-refractivity contribution >= 4 is 28.2 Å². The summed E-state index contributed by atoms with van der Waals surface area (Å²) < 4.78 is 5.22. The number of hydrogen-bond acceptors (Lipinski definition) is 5. The fraction of sp³-hybridized carbons (Fsp3) is 0.381. The third-order valence-electron chi connectivity index (χ3n) is 4.95. The number of thiophene rings is 1. The van der Waals surface area contributed by atoms with E-state index in [1.165, 1.54) is 11.3 Å². The van der Waals surface area contributed by atoms with E-state index in [0.29, 0.717) is 36.2 Å². The molecule has 1 N–H and O–H groups in total. The van der Waals surface area contributed by atoms with E-state index in [-0.39, 0.29) is 12.5 Å². The Morgan fingerprint density at radius 1 is 1.30 bits per heavy atom. The molecule has 1 heterocycles. The summed E-state index contributed by atoms with van der Waals surface area (Å²) in [5.41, 5.74) is 1.74. The van der Waals surface area contributed by atoms with Crippen LogP contribution in [-0.4, -0.2) is 18.5 Å². The van der Waals surface area contributed by atoms with E-state index < -0.39 is 11.4 Å². The highest BCUT2D eigenvalue weighted by molar-refractivity contribution is 7.17. The summed E-state index contributed by atoms with van der Waals surface area (Å²) in [7, 11) is 0. The van der Waals surface area contributed by atoms with E-state index in [4.69, 9.17) is 4.74 Å². The maximum atomic E-state index is 12.5. The molecule has 1 aromatic heterocycles. The number of anilines is 1. The summed E-state index contributed by atoms with van der Waals surface area (Å²) in [5, 5.41) is 13.3. The van der Waals surface area contributed by atoms with Gasteiger partial charge >= 0.3 is 5.97 Å². The number of nitrogens with one attached hydrogen (secondary N) is 1. The average molecular weight is 382 g/mol. The SMILES string of the molecule is CCOC(=O)c1c(NC(=O)CC)sc2c1CC[C@@](C#N)(c1ccccc1)C2. The van der Waals surface area contributed by atoms with Crippen molar-refractivity contribution in [3.8, 4) is 6.07 Å². The molecular formula is C21H22N2O3S. The molecule has 0 fully saturated rings. The fourth-order valence-corrected chi connectivity index (χ4v) is 4.87. The molecule has 0 aliphatic heterocycles. The van der Waals surface area contributed by atoms with Crippen LogP contribution in [0.1, 0.15) is 53.1 Å². The van der Waals surface area contributed by atoms with Gasteiger partial charge in [0.15, 0.2) is 0 Å². The van der Waals surface area contributed by atoms with Crippen molar-refractivity contribution in [2.45, 2.75) is 44.9 Å². The Morgan fingerprint density at radius 3 is 2.67 bits per heavy atom. The number of carbonyl (C=O) groups excluding carboxylic acids is 2. The Balaban J connectivity index is 2.04. The number of ether oxygens (including phenoxy) is 1. The molecule has 0 saturated heterocycles. The number of rotatable bonds is 5. The number of carbonyl (C=O) groups is 2. The molecule has 27 heavy (non-hydrogen) atoms. The van der Waals surface area contributed by atoms with E-state index >= 15 is 0 Å². The highest BCUT2D eigenvalue weighted by atomic mass is 32.1. The number of nitrogens with zero attached hydrogens (tertiary/aromatic N) is 1. The number of hydrogen-bond donors (Lipinski definition) is 1. The standard InChI is InChI=1S/C21H22N2O3S/c1-3-17(24)23-19-18(20(25)26-4-2)15-10-11-21(13-22,12-16(15)27-19)14-8-6-5-7-9-14/h5-9H,3-4,10-12H2,1-2H3,(H,23,24)/t21-/m1/s1. The van der Waals surface area contributed by atoms with Gasteiger partial charge in [-0.1, -0.05) is 37.3 Å². The molecule has 6 heteroatoms. The van der Waals surface area contributed by atoms with Gasteiger partial charge in [-0.25, -0.2) is 4.79 Å². The van der Waals surface area contributed by atoms with E-state index in [2.05, 4.69) is 11.4 Å². The molecule has 5 nitrogen and oxygen atoms in total.